The SMILES string of the molecule is CCC(C)CSC1CCc2ccc(OC)cc2C1N. The van der Waals surface area contributed by atoms with E-state index < -0.39 is 0 Å². The summed E-state index contributed by atoms with van der Waals surface area (Å²) in [6.07, 6.45) is 3.59. The lowest BCUT2D eigenvalue weighted by Gasteiger charge is -2.31. The molecule has 2 rings (SSSR count). The predicted molar refractivity (Wildman–Crippen MR) is 83.9 cm³/mol. The normalized spacial score (nSPS) is 23.8. The molecule has 0 saturated carbocycles. The smallest absolute Gasteiger partial charge is 0.119 e. The molecule has 1 aromatic rings. The fourth-order valence-corrected chi connectivity index (χ4v) is 3.96. The number of thioether (sulfide) groups is 1. The first-order chi connectivity index (χ1) is 9.15. The van der Waals surface area contributed by atoms with Gasteiger partial charge in [-0.1, -0.05) is 26.3 Å². The van der Waals surface area contributed by atoms with E-state index in [-0.39, 0.29) is 6.04 Å². The number of rotatable bonds is 5. The van der Waals surface area contributed by atoms with E-state index in [1.54, 1.807) is 7.11 Å². The molecule has 0 fully saturated rings. The quantitative estimate of drug-likeness (QED) is 0.890. The van der Waals surface area contributed by atoms with Crippen molar-refractivity contribution in [1.29, 1.82) is 0 Å². The highest BCUT2D eigenvalue weighted by molar-refractivity contribution is 7.99. The molecule has 0 bridgehead atoms. The van der Waals surface area contributed by atoms with Crippen LogP contribution in [0.25, 0.3) is 0 Å². The minimum Gasteiger partial charge on any atom is -0.497 e. The minimum atomic E-state index is 0.146. The first-order valence-corrected chi connectivity index (χ1v) is 8.24. The van der Waals surface area contributed by atoms with Gasteiger partial charge in [0.25, 0.3) is 0 Å². The molecule has 1 aliphatic rings. The van der Waals surface area contributed by atoms with Gasteiger partial charge in [-0.2, -0.15) is 11.8 Å². The van der Waals surface area contributed by atoms with Crippen LogP contribution in [0.3, 0.4) is 0 Å². The van der Waals surface area contributed by atoms with Crippen molar-refractivity contribution >= 4 is 11.8 Å². The third-order valence-corrected chi connectivity index (χ3v) is 5.82. The van der Waals surface area contributed by atoms with Crippen molar-refractivity contribution in [3.63, 3.8) is 0 Å². The van der Waals surface area contributed by atoms with Crippen LogP contribution in [0.15, 0.2) is 18.2 Å². The van der Waals surface area contributed by atoms with Gasteiger partial charge in [-0.15, -0.1) is 0 Å². The number of methoxy groups -OCH3 is 1. The summed E-state index contributed by atoms with van der Waals surface area (Å²) in [6.45, 7) is 4.57. The average molecular weight is 279 g/mol. The molecule has 0 heterocycles. The van der Waals surface area contributed by atoms with Gasteiger partial charge in [0.05, 0.1) is 7.11 Å². The van der Waals surface area contributed by atoms with Gasteiger partial charge < -0.3 is 10.5 Å². The van der Waals surface area contributed by atoms with Gasteiger partial charge in [0.1, 0.15) is 5.75 Å². The van der Waals surface area contributed by atoms with E-state index >= 15 is 0 Å². The summed E-state index contributed by atoms with van der Waals surface area (Å²) < 4.78 is 5.32. The third-order valence-electron chi connectivity index (χ3n) is 4.10. The highest BCUT2D eigenvalue weighted by atomic mass is 32.2. The van der Waals surface area contributed by atoms with Gasteiger partial charge in [-0.3, -0.25) is 0 Å². The standard InChI is InChI=1S/C16H25NOS/c1-4-11(2)10-19-15-8-6-12-5-7-13(18-3)9-14(12)16(15)17/h5,7,9,11,15-16H,4,6,8,10,17H2,1-3H3. The number of aryl methyl sites for hydroxylation is 1. The summed E-state index contributed by atoms with van der Waals surface area (Å²) >= 11 is 2.05. The number of ether oxygens (including phenoxy) is 1. The molecule has 2 N–H and O–H groups in total. The molecular weight excluding hydrogens is 254 g/mol. The van der Waals surface area contributed by atoms with Gasteiger partial charge in [0.2, 0.25) is 0 Å². The Hall–Kier alpha value is -0.670. The van der Waals surface area contributed by atoms with Crippen LogP contribution < -0.4 is 10.5 Å². The Morgan fingerprint density at radius 2 is 2.26 bits per heavy atom. The molecular formula is C16H25NOS. The van der Waals surface area contributed by atoms with E-state index in [4.69, 9.17) is 10.5 Å². The first kappa shape index (κ1) is 14.7. The Kier molecular flexibility index (Phi) is 5.17. The van der Waals surface area contributed by atoms with E-state index in [2.05, 4.69) is 26.0 Å². The van der Waals surface area contributed by atoms with Crippen LogP contribution in [0.4, 0.5) is 0 Å². The van der Waals surface area contributed by atoms with E-state index in [0.717, 1.165) is 18.1 Å². The van der Waals surface area contributed by atoms with Crippen LogP contribution in [0.1, 0.15) is 43.9 Å². The molecule has 0 radical (unpaired) electrons. The second-order valence-electron chi connectivity index (χ2n) is 5.51. The topological polar surface area (TPSA) is 35.2 Å². The lowest BCUT2D eigenvalue weighted by molar-refractivity contribution is 0.412. The monoisotopic (exact) mass is 279 g/mol. The zero-order valence-electron chi connectivity index (χ0n) is 12.2. The molecule has 3 atom stereocenters. The van der Waals surface area contributed by atoms with Crippen molar-refractivity contribution < 1.29 is 4.74 Å². The Bertz CT molecular complexity index is 421. The highest BCUT2D eigenvalue weighted by Gasteiger charge is 2.27. The zero-order chi connectivity index (χ0) is 13.8. The van der Waals surface area contributed by atoms with E-state index in [0.29, 0.717) is 5.25 Å². The van der Waals surface area contributed by atoms with Crippen LogP contribution >= 0.6 is 11.8 Å². The Morgan fingerprint density at radius 1 is 1.47 bits per heavy atom. The Morgan fingerprint density at radius 3 is 2.95 bits per heavy atom. The van der Waals surface area contributed by atoms with Gasteiger partial charge >= 0.3 is 0 Å². The van der Waals surface area contributed by atoms with E-state index in [1.165, 1.54) is 29.7 Å². The summed E-state index contributed by atoms with van der Waals surface area (Å²) in [6, 6.07) is 6.48. The summed E-state index contributed by atoms with van der Waals surface area (Å²) in [5.41, 5.74) is 9.15. The van der Waals surface area contributed by atoms with E-state index in [9.17, 15) is 0 Å². The summed E-state index contributed by atoms with van der Waals surface area (Å²) in [5, 5.41) is 0.550. The van der Waals surface area contributed by atoms with Crippen LogP contribution in [0.5, 0.6) is 5.75 Å². The van der Waals surface area contributed by atoms with Gasteiger partial charge in [0, 0.05) is 11.3 Å². The molecule has 3 heteroatoms. The maximum Gasteiger partial charge on any atom is 0.119 e. The molecule has 1 aromatic carbocycles. The largest absolute Gasteiger partial charge is 0.497 e. The Balaban J connectivity index is 2.07. The highest BCUT2D eigenvalue weighted by Crippen LogP contribution is 2.37. The number of hydrogen-bond donors (Lipinski definition) is 1. The molecule has 2 nitrogen and oxygen atoms in total. The van der Waals surface area contributed by atoms with Gasteiger partial charge in [-0.25, -0.2) is 0 Å². The molecule has 19 heavy (non-hydrogen) atoms. The number of hydrogen-bond acceptors (Lipinski definition) is 3. The molecule has 0 saturated heterocycles. The van der Waals surface area contributed by atoms with E-state index in [1.807, 2.05) is 17.8 Å². The van der Waals surface area contributed by atoms with Crippen molar-refractivity contribution in [2.45, 2.75) is 44.4 Å². The summed E-state index contributed by atoms with van der Waals surface area (Å²) in [5.74, 6) is 2.92. The predicted octanol–water partition coefficient (Wildman–Crippen LogP) is 3.79. The van der Waals surface area contributed by atoms with Gasteiger partial charge in [-0.05, 0) is 47.8 Å². The maximum atomic E-state index is 6.47. The van der Waals surface area contributed by atoms with Crippen molar-refractivity contribution in [3.05, 3.63) is 29.3 Å². The van der Waals surface area contributed by atoms with Crippen molar-refractivity contribution in [1.82, 2.24) is 0 Å². The van der Waals surface area contributed by atoms with Crippen LogP contribution in [0.2, 0.25) is 0 Å². The van der Waals surface area contributed by atoms with Crippen molar-refractivity contribution in [2.24, 2.45) is 11.7 Å². The molecule has 0 spiro atoms. The Labute approximate surface area is 121 Å². The zero-order valence-corrected chi connectivity index (χ0v) is 13.0. The fraction of sp³-hybridized carbons (Fsp3) is 0.625. The third kappa shape index (κ3) is 3.46. The lowest BCUT2D eigenvalue weighted by atomic mass is 9.87. The number of nitrogens with two attached hydrogens (primary N) is 1. The second kappa shape index (κ2) is 6.67. The number of fused-ring (bicyclic) bond motifs is 1. The van der Waals surface area contributed by atoms with Gasteiger partial charge in [0.15, 0.2) is 0 Å². The van der Waals surface area contributed by atoms with Crippen LogP contribution in [-0.2, 0) is 6.42 Å². The minimum absolute atomic E-state index is 0.146. The molecule has 0 aromatic heterocycles. The molecule has 0 aliphatic heterocycles. The van der Waals surface area contributed by atoms with Crippen LogP contribution in [-0.4, -0.2) is 18.1 Å². The fourth-order valence-electron chi connectivity index (χ4n) is 2.51. The first-order valence-electron chi connectivity index (χ1n) is 7.19. The second-order valence-corrected chi connectivity index (χ2v) is 6.79. The molecule has 106 valence electrons. The van der Waals surface area contributed by atoms with Crippen molar-refractivity contribution in [3.8, 4) is 5.75 Å². The van der Waals surface area contributed by atoms with Crippen LogP contribution in [0, 0.1) is 5.92 Å². The number of benzene rings is 1. The summed E-state index contributed by atoms with van der Waals surface area (Å²) in [7, 11) is 1.71. The lowest BCUT2D eigenvalue weighted by Crippen LogP contribution is -2.30. The maximum absolute atomic E-state index is 6.47. The summed E-state index contributed by atoms with van der Waals surface area (Å²) in [4.78, 5) is 0. The molecule has 3 unspecified atom stereocenters. The van der Waals surface area contributed by atoms with Crippen molar-refractivity contribution in [2.75, 3.05) is 12.9 Å². The molecule has 0 amide bonds. The molecule has 1 aliphatic carbocycles. The average Bonchev–Trinajstić information content (AvgIpc) is 2.46.